The van der Waals surface area contributed by atoms with Crippen molar-refractivity contribution in [3.05, 3.63) is 70.0 Å². The first-order valence-electron chi connectivity index (χ1n) is 6.95. The van der Waals surface area contributed by atoms with E-state index in [9.17, 15) is 9.59 Å². The molecule has 0 radical (unpaired) electrons. The Morgan fingerprint density at radius 3 is 2.67 bits per heavy atom. The summed E-state index contributed by atoms with van der Waals surface area (Å²) in [5.74, 6) is -0.730. The number of Topliss-reactive ketones (excluding diaryl/α,β-unsaturated/α-hetero) is 1. The first kappa shape index (κ1) is 17.7. The number of aromatic nitrogens is 1. The third kappa shape index (κ3) is 5.22. The fourth-order valence-corrected chi connectivity index (χ4v) is 2.15. The molecule has 0 aliphatic carbocycles. The van der Waals surface area contributed by atoms with Gasteiger partial charge in [-0.3, -0.25) is 24.8 Å². The van der Waals surface area contributed by atoms with Crippen molar-refractivity contribution in [3.63, 3.8) is 0 Å². The maximum Gasteiger partial charge on any atom is 0.267 e. The van der Waals surface area contributed by atoms with E-state index in [1.807, 2.05) is 0 Å². The van der Waals surface area contributed by atoms with Crippen molar-refractivity contribution in [3.8, 4) is 0 Å². The average Bonchev–Trinajstić information content (AvgIpc) is 2.61. The molecule has 24 heavy (non-hydrogen) atoms. The van der Waals surface area contributed by atoms with E-state index < -0.39 is 5.91 Å². The molecule has 2 aromatic rings. The number of rotatable bonds is 6. The number of pyridine rings is 1. The number of nitrogens with one attached hydrogen (secondary N) is 1. The van der Waals surface area contributed by atoms with Gasteiger partial charge in [-0.1, -0.05) is 24.3 Å². The Bertz CT molecular complexity index is 786. The Morgan fingerprint density at radius 1 is 1.25 bits per heavy atom. The van der Waals surface area contributed by atoms with E-state index in [4.69, 9.17) is 5.21 Å². The number of carbonyl (C=O) groups is 2. The van der Waals surface area contributed by atoms with Gasteiger partial charge in [0.15, 0.2) is 5.78 Å². The molecule has 0 saturated carbocycles. The van der Waals surface area contributed by atoms with Gasteiger partial charge < -0.3 is 0 Å². The minimum atomic E-state index is -0.619. The summed E-state index contributed by atoms with van der Waals surface area (Å²) < 4.78 is 0.809. The number of halogens is 1. The SMILES string of the molecule is O=C(/C=C/c1ccc(C(=O)CN=Cc2ccncc2Br)cc1)NO. The van der Waals surface area contributed by atoms with Gasteiger partial charge in [0.25, 0.3) is 5.91 Å². The minimum absolute atomic E-state index is 0.0386. The van der Waals surface area contributed by atoms with Crippen LogP contribution in [0.15, 0.2) is 58.3 Å². The molecule has 1 aromatic carbocycles. The van der Waals surface area contributed by atoms with Gasteiger partial charge in [0.2, 0.25) is 0 Å². The average molecular weight is 388 g/mol. The summed E-state index contributed by atoms with van der Waals surface area (Å²) in [7, 11) is 0. The summed E-state index contributed by atoms with van der Waals surface area (Å²) in [6.45, 7) is 0.0386. The molecule has 2 N–H and O–H groups in total. The van der Waals surface area contributed by atoms with Crippen LogP contribution in [0.5, 0.6) is 0 Å². The van der Waals surface area contributed by atoms with Crippen molar-refractivity contribution in [2.24, 2.45) is 4.99 Å². The van der Waals surface area contributed by atoms with Crippen LogP contribution in [0.3, 0.4) is 0 Å². The second-order valence-corrected chi connectivity index (χ2v) is 5.58. The number of nitrogens with zero attached hydrogens (tertiary/aromatic N) is 2. The standard InChI is InChI=1S/C17H14BrN3O3/c18-15-10-19-8-7-14(15)9-20-11-16(22)13-4-1-12(2-5-13)3-6-17(23)21-24/h1-10,24H,11H2,(H,21,23)/b6-3+,20-9?. The zero-order valence-electron chi connectivity index (χ0n) is 12.5. The molecule has 2 rings (SSSR count). The van der Waals surface area contributed by atoms with Crippen LogP contribution in [0.25, 0.3) is 6.08 Å². The van der Waals surface area contributed by atoms with Gasteiger partial charge in [-0.15, -0.1) is 0 Å². The van der Waals surface area contributed by atoms with E-state index in [0.717, 1.165) is 15.6 Å². The van der Waals surface area contributed by atoms with Gasteiger partial charge in [-0.2, -0.15) is 0 Å². The third-order valence-electron chi connectivity index (χ3n) is 3.04. The van der Waals surface area contributed by atoms with Gasteiger partial charge in [0.05, 0.1) is 0 Å². The van der Waals surface area contributed by atoms with Gasteiger partial charge in [-0.25, -0.2) is 5.48 Å². The highest BCUT2D eigenvalue weighted by Gasteiger charge is 2.04. The first-order valence-corrected chi connectivity index (χ1v) is 7.74. The zero-order chi connectivity index (χ0) is 17.4. The minimum Gasteiger partial charge on any atom is -0.292 e. The summed E-state index contributed by atoms with van der Waals surface area (Å²) in [5.41, 5.74) is 3.62. The van der Waals surface area contributed by atoms with Crippen LogP contribution in [0.4, 0.5) is 0 Å². The number of hydrogen-bond donors (Lipinski definition) is 2. The molecule has 0 bridgehead atoms. The van der Waals surface area contributed by atoms with Gasteiger partial charge in [0, 0.05) is 40.3 Å². The Labute approximate surface area is 147 Å². The molecule has 122 valence electrons. The van der Waals surface area contributed by atoms with Gasteiger partial charge in [0.1, 0.15) is 6.54 Å². The largest absolute Gasteiger partial charge is 0.292 e. The zero-order valence-corrected chi connectivity index (χ0v) is 14.1. The topological polar surface area (TPSA) is 91.7 Å². The number of carbonyl (C=O) groups excluding carboxylic acids is 2. The quantitative estimate of drug-likeness (QED) is 0.262. The normalized spacial score (nSPS) is 11.1. The molecule has 0 fully saturated rings. The van der Waals surface area contributed by atoms with E-state index in [1.165, 1.54) is 17.6 Å². The number of ketones is 1. The number of hydrogen-bond acceptors (Lipinski definition) is 5. The van der Waals surface area contributed by atoms with Crippen LogP contribution in [-0.2, 0) is 4.79 Å². The first-order chi connectivity index (χ1) is 11.6. The lowest BCUT2D eigenvalue weighted by Gasteiger charge is -2.00. The molecular weight excluding hydrogens is 374 g/mol. The third-order valence-corrected chi connectivity index (χ3v) is 3.70. The second-order valence-electron chi connectivity index (χ2n) is 4.72. The van der Waals surface area contributed by atoms with Gasteiger partial charge in [-0.05, 0) is 33.6 Å². The molecule has 0 atom stereocenters. The van der Waals surface area contributed by atoms with Crippen molar-refractivity contribution >= 4 is 39.9 Å². The molecular formula is C17H14BrN3O3. The number of hydroxylamine groups is 1. The Kier molecular flexibility index (Phi) is 6.53. The van der Waals surface area contributed by atoms with E-state index in [-0.39, 0.29) is 12.3 Å². The lowest BCUT2D eigenvalue weighted by molar-refractivity contribution is -0.124. The molecule has 1 heterocycles. The molecule has 1 amide bonds. The monoisotopic (exact) mass is 387 g/mol. The van der Waals surface area contributed by atoms with Crippen LogP contribution in [0.1, 0.15) is 21.5 Å². The lowest BCUT2D eigenvalue weighted by atomic mass is 10.1. The molecule has 0 aliphatic rings. The van der Waals surface area contributed by atoms with E-state index >= 15 is 0 Å². The summed E-state index contributed by atoms with van der Waals surface area (Å²) in [5, 5.41) is 8.40. The van der Waals surface area contributed by atoms with Crippen molar-refractivity contribution in [1.82, 2.24) is 10.5 Å². The number of benzene rings is 1. The Morgan fingerprint density at radius 2 is 2.00 bits per heavy atom. The lowest BCUT2D eigenvalue weighted by Crippen LogP contribution is -2.14. The second kappa shape index (κ2) is 8.85. The van der Waals surface area contributed by atoms with E-state index in [0.29, 0.717) is 5.56 Å². The molecule has 6 nitrogen and oxygen atoms in total. The molecule has 7 heteroatoms. The van der Waals surface area contributed by atoms with E-state index in [2.05, 4.69) is 25.9 Å². The smallest absolute Gasteiger partial charge is 0.267 e. The Hall–Kier alpha value is -2.64. The van der Waals surface area contributed by atoms with Crippen LogP contribution in [-0.4, -0.2) is 34.6 Å². The molecule has 0 spiro atoms. The predicted octanol–water partition coefficient (Wildman–Crippen LogP) is 2.66. The summed E-state index contributed by atoms with van der Waals surface area (Å²) in [4.78, 5) is 31.1. The number of amides is 1. The maximum absolute atomic E-state index is 12.1. The van der Waals surface area contributed by atoms with Crippen LogP contribution >= 0.6 is 15.9 Å². The summed E-state index contributed by atoms with van der Waals surface area (Å²) >= 11 is 3.36. The van der Waals surface area contributed by atoms with Crippen LogP contribution in [0.2, 0.25) is 0 Å². The Balaban J connectivity index is 1.96. The van der Waals surface area contributed by atoms with Crippen molar-refractivity contribution in [1.29, 1.82) is 0 Å². The highest BCUT2D eigenvalue weighted by atomic mass is 79.9. The van der Waals surface area contributed by atoms with E-state index in [1.54, 1.807) is 48.9 Å². The van der Waals surface area contributed by atoms with Crippen LogP contribution in [0, 0.1) is 0 Å². The van der Waals surface area contributed by atoms with Crippen molar-refractivity contribution in [2.75, 3.05) is 6.54 Å². The molecule has 0 aliphatic heterocycles. The van der Waals surface area contributed by atoms with Crippen molar-refractivity contribution in [2.45, 2.75) is 0 Å². The summed E-state index contributed by atoms with van der Waals surface area (Å²) in [6.07, 6.45) is 7.64. The molecule has 1 aromatic heterocycles. The predicted molar refractivity (Wildman–Crippen MR) is 94.1 cm³/mol. The maximum atomic E-state index is 12.1. The summed E-state index contributed by atoms with van der Waals surface area (Å²) in [6, 6.07) is 8.53. The van der Waals surface area contributed by atoms with Crippen LogP contribution < -0.4 is 5.48 Å². The van der Waals surface area contributed by atoms with Gasteiger partial charge >= 0.3 is 0 Å². The van der Waals surface area contributed by atoms with Crippen molar-refractivity contribution < 1.29 is 14.8 Å². The highest BCUT2D eigenvalue weighted by Crippen LogP contribution is 2.12. The molecule has 0 unspecified atom stereocenters. The fraction of sp³-hybridized carbons (Fsp3) is 0.0588. The highest BCUT2D eigenvalue weighted by molar-refractivity contribution is 9.10. The fourth-order valence-electron chi connectivity index (χ4n) is 1.80. The number of aliphatic imine (C=N–C) groups is 1. The molecule has 0 saturated heterocycles.